The lowest BCUT2D eigenvalue weighted by Gasteiger charge is -2.20. The van der Waals surface area contributed by atoms with Crippen LogP contribution in [0.15, 0.2) is 36.4 Å². The topological polar surface area (TPSA) is 77.1 Å². The zero-order valence-electron chi connectivity index (χ0n) is 17.0. The molecule has 0 atom stereocenters. The van der Waals surface area contributed by atoms with E-state index in [4.69, 9.17) is 14.2 Å². The van der Waals surface area contributed by atoms with Gasteiger partial charge in [0.1, 0.15) is 5.75 Å². The third-order valence-electron chi connectivity index (χ3n) is 4.61. The maximum atomic E-state index is 12.8. The lowest BCUT2D eigenvalue weighted by Crippen LogP contribution is -2.24. The van der Waals surface area contributed by atoms with E-state index >= 15 is 0 Å². The number of carbonyl (C=O) groups excluding carboxylic acids is 2. The summed E-state index contributed by atoms with van der Waals surface area (Å²) in [6.45, 7) is 5.39. The Balaban J connectivity index is 1.83. The molecule has 0 aliphatic carbocycles. The van der Waals surface area contributed by atoms with Crippen LogP contribution < -0.4 is 24.4 Å². The molecule has 1 N–H and O–H groups in total. The van der Waals surface area contributed by atoms with Crippen molar-refractivity contribution in [2.45, 2.75) is 26.7 Å². The van der Waals surface area contributed by atoms with Crippen LogP contribution in [0.3, 0.4) is 0 Å². The molecule has 7 heteroatoms. The van der Waals surface area contributed by atoms with Crippen LogP contribution in [0.25, 0.3) is 0 Å². The molecule has 1 aliphatic heterocycles. The number of carbonyl (C=O) groups is 2. The molecule has 0 saturated carbocycles. The zero-order chi connectivity index (χ0) is 20.8. The highest BCUT2D eigenvalue weighted by atomic mass is 16.5. The molecule has 1 saturated heterocycles. The fraction of sp³-hybridized carbons (Fsp3) is 0.364. The Bertz CT molecular complexity index is 897. The van der Waals surface area contributed by atoms with Gasteiger partial charge in [0, 0.05) is 24.2 Å². The van der Waals surface area contributed by atoms with Crippen LogP contribution in [0.4, 0.5) is 11.4 Å². The normalized spacial score (nSPS) is 13.3. The Hall–Kier alpha value is -3.22. The molecule has 0 bridgehead atoms. The maximum Gasteiger partial charge on any atom is 0.255 e. The number of methoxy groups -OCH3 is 1. The molecule has 29 heavy (non-hydrogen) atoms. The molecule has 1 heterocycles. The minimum Gasteiger partial charge on any atom is -0.495 e. The van der Waals surface area contributed by atoms with Gasteiger partial charge in [-0.1, -0.05) is 0 Å². The highest BCUT2D eigenvalue weighted by Gasteiger charge is 2.25. The van der Waals surface area contributed by atoms with Gasteiger partial charge in [-0.15, -0.1) is 0 Å². The third-order valence-corrected chi connectivity index (χ3v) is 4.61. The van der Waals surface area contributed by atoms with Crippen molar-refractivity contribution in [1.29, 1.82) is 0 Å². The summed E-state index contributed by atoms with van der Waals surface area (Å²) in [5.74, 6) is 1.50. The quantitative estimate of drug-likeness (QED) is 0.730. The van der Waals surface area contributed by atoms with Crippen molar-refractivity contribution in [2.24, 2.45) is 0 Å². The smallest absolute Gasteiger partial charge is 0.255 e. The van der Waals surface area contributed by atoms with Gasteiger partial charge in [0.2, 0.25) is 5.91 Å². The van der Waals surface area contributed by atoms with E-state index in [9.17, 15) is 9.59 Å². The predicted octanol–water partition coefficient (Wildman–Crippen LogP) is 3.87. The average Bonchev–Trinajstić information content (AvgIpc) is 3.15. The minimum atomic E-state index is -0.280. The van der Waals surface area contributed by atoms with Crippen LogP contribution in [0, 0.1) is 0 Å². The molecule has 1 aliphatic rings. The molecule has 0 radical (unpaired) electrons. The highest BCUT2D eigenvalue weighted by Crippen LogP contribution is 2.34. The van der Waals surface area contributed by atoms with Crippen molar-refractivity contribution in [1.82, 2.24) is 0 Å². The van der Waals surface area contributed by atoms with Crippen molar-refractivity contribution in [2.75, 3.05) is 37.1 Å². The van der Waals surface area contributed by atoms with E-state index < -0.39 is 0 Å². The van der Waals surface area contributed by atoms with E-state index in [1.165, 1.54) is 0 Å². The van der Waals surface area contributed by atoms with Crippen molar-refractivity contribution in [3.63, 3.8) is 0 Å². The van der Waals surface area contributed by atoms with Gasteiger partial charge in [-0.05, 0) is 56.7 Å². The Labute approximate surface area is 170 Å². The second-order valence-electron chi connectivity index (χ2n) is 6.52. The van der Waals surface area contributed by atoms with Gasteiger partial charge >= 0.3 is 0 Å². The zero-order valence-corrected chi connectivity index (χ0v) is 17.0. The summed E-state index contributed by atoms with van der Waals surface area (Å²) in [4.78, 5) is 26.6. The van der Waals surface area contributed by atoms with Gasteiger partial charge in [-0.25, -0.2) is 0 Å². The first-order chi connectivity index (χ1) is 14.1. The number of nitrogens with zero attached hydrogens (tertiary/aromatic N) is 1. The van der Waals surface area contributed by atoms with E-state index in [1.54, 1.807) is 48.4 Å². The number of hydrogen-bond acceptors (Lipinski definition) is 5. The number of anilines is 2. The molecule has 7 nitrogen and oxygen atoms in total. The fourth-order valence-corrected chi connectivity index (χ4v) is 3.28. The molecular formula is C22H26N2O5. The summed E-state index contributed by atoms with van der Waals surface area (Å²) in [6, 6.07) is 10.3. The van der Waals surface area contributed by atoms with Crippen molar-refractivity contribution >= 4 is 23.2 Å². The molecule has 0 unspecified atom stereocenters. The SMILES string of the molecule is CCOc1ccc(C(=O)Nc2ccc(OC)c(N3CCCC3=O)c2)cc1OCC. The van der Waals surface area contributed by atoms with Crippen molar-refractivity contribution in [3.05, 3.63) is 42.0 Å². The molecule has 0 aromatic heterocycles. The number of benzene rings is 2. The lowest BCUT2D eigenvalue weighted by molar-refractivity contribution is -0.117. The number of hydrogen-bond donors (Lipinski definition) is 1. The Morgan fingerprint density at radius 1 is 1.03 bits per heavy atom. The first-order valence-corrected chi connectivity index (χ1v) is 9.76. The van der Waals surface area contributed by atoms with Crippen LogP contribution >= 0.6 is 0 Å². The van der Waals surface area contributed by atoms with Gasteiger partial charge in [-0.2, -0.15) is 0 Å². The molecule has 2 aromatic rings. The highest BCUT2D eigenvalue weighted by molar-refractivity contribution is 6.05. The Kier molecular flexibility index (Phi) is 6.59. The first-order valence-electron chi connectivity index (χ1n) is 9.76. The van der Waals surface area contributed by atoms with Crippen LogP contribution in [-0.2, 0) is 4.79 Å². The summed E-state index contributed by atoms with van der Waals surface area (Å²) >= 11 is 0. The van der Waals surface area contributed by atoms with E-state index in [-0.39, 0.29) is 11.8 Å². The summed E-state index contributed by atoms with van der Waals surface area (Å²) in [5.41, 5.74) is 1.69. The Morgan fingerprint density at radius 2 is 1.76 bits per heavy atom. The minimum absolute atomic E-state index is 0.0552. The molecule has 0 spiro atoms. The van der Waals surface area contributed by atoms with Crippen LogP contribution in [0.2, 0.25) is 0 Å². The molecule has 2 amide bonds. The van der Waals surface area contributed by atoms with Gasteiger partial charge < -0.3 is 24.4 Å². The second-order valence-corrected chi connectivity index (χ2v) is 6.52. The number of ether oxygens (including phenoxy) is 3. The molecule has 154 valence electrons. The van der Waals surface area contributed by atoms with Crippen LogP contribution in [-0.4, -0.2) is 38.7 Å². The number of rotatable bonds is 8. The van der Waals surface area contributed by atoms with Gasteiger partial charge in [0.15, 0.2) is 11.5 Å². The largest absolute Gasteiger partial charge is 0.495 e. The molecular weight excluding hydrogens is 372 g/mol. The van der Waals surface area contributed by atoms with Crippen molar-refractivity contribution < 1.29 is 23.8 Å². The fourth-order valence-electron chi connectivity index (χ4n) is 3.28. The number of amides is 2. The predicted molar refractivity (Wildman–Crippen MR) is 111 cm³/mol. The summed E-state index contributed by atoms with van der Waals surface area (Å²) in [5, 5.41) is 2.88. The Morgan fingerprint density at radius 3 is 2.41 bits per heavy atom. The lowest BCUT2D eigenvalue weighted by atomic mass is 10.1. The molecule has 2 aromatic carbocycles. The molecule has 3 rings (SSSR count). The maximum absolute atomic E-state index is 12.8. The van der Waals surface area contributed by atoms with E-state index in [0.29, 0.717) is 60.4 Å². The van der Waals surface area contributed by atoms with Crippen LogP contribution in [0.1, 0.15) is 37.0 Å². The van der Waals surface area contributed by atoms with E-state index in [0.717, 1.165) is 6.42 Å². The second kappa shape index (κ2) is 9.32. The van der Waals surface area contributed by atoms with Crippen LogP contribution in [0.5, 0.6) is 17.2 Å². The van der Waals surface area contributed by atoms with E-state index in [2.05, 4.69) is 5.32 Å². The van der Waals surface area contributed by atoms with Gasteiger partial charge in [-0.3, -0.25) is 9.59 Å². The summed E-state index contributed by atoms with van der Waals surface area (Å²) in [6.07, 6.45) is 1.33. The van der Waals surface area contributed by atoms with Gasteiger partial charge in [0.25, 0.3) is 5.91 Å². The van der Waals surface area contributed by atoms with Gasteiger partial charge in [0.05, 0.1) is 26.0 Å². The third kappa shape index (κ3) is 4.62. The molecule has 1 fully saturated rings. The average molecular weight is 398 g/mol. The van der Waals surface area contributed by atoms with E-state index in [1.807, 2.05) is 13.8 Å². The monoisotopic (exact) mass is 398 g/mol. The summed E-state index contributed by atoms with van der Waals surface area (Å²) in [7, 11) is 1.56. The van der Waals surface area contributed by atoms with Crippen molar-refractivity contribution in [3.8, 4) is 17.2 Å². The first kappa shape index (κ1) is 20.5. The number of nitrogens with one attached hydrogen (secondary N) is 1. The standard InChI is InChI=1S/C22H26N2O5/c1-4-28-19-10-8-15(13-20(19)29-5-2)22(26)23-16-9-11-18(27-3)17(14-16)24-12-6-7-21(24)25/h8-11,13-14H,4-7,12H2,1-3H3,(H,23,26). The summed E-state index contributed by atoms with van der Waals surface area (Å²) < 4.78 is 16.5.